The molecule has 6 aromatic carbocycles. The first-order chi connectivity index (χ1) is 70.1. The van der Waals surface area contributed by atoms with E-state index in [0.29, 0.717) is 75.4 Å². The van der Waals surface area contributed by atoms with E-state index in [2.05, 4.69) is 127 Å². The molecule has 12 heterocycles. The minimum absolute atomic E-state index is 0.0417. The highest BCUT2D eigenvalue weighted by atomic mass is 32.1. The van der Waals surface area contributed by atoms with Crippen LogP contribution in [0.25, 0.3) is 63.4 Å². The summed E-state index contributed by atoms with van der Waals surface area (Å²) in [6, 6.07) is 78.7. The predicted octanol–water partition coefficient (Wildman–Crippen LogP) is 18.7. The number of nitrogen functional groups attached to an aromatic ring is 7. The van der Waals surface area contributed by atoms with Crippen molar-refractivity contribution in [2.24, 2.45) is 0 Å². The Bertz CT molecular complexity index is 7430. The number of aromatic nitrogens is 12. The molecule has 41 heteroatoms. The number of benzene rings is 6. The molecular weight excluding hydrogens is 1960 g/mol. The number of hydrogen-bond acceptors (Lipinski definition) is 32. The standard InChI is InChI=1S/C19H18N4OS.C18H16N4OS.C18H18N4OS.C17H14F2N4O2S.C16H13FN4OS.C16H15N5OS/c20-19-21-11-10-15(23-19)16-8-9-17(25-16)18(24)22-14-7-3-5-12-4-1-2-6-13(12)14;19-18-20-10-9-14(22-18)15-7-8-16(24-15)17(23)21-13-6-5-11-3-1-2-4-12(11)13;1-18(2,12-6-4-3-5-7-12)22-16(23)15-9-8-14(24-15)13-10-11-20-17(19)21-13;18-16(19)25-11-3-1-2-10(8-11)9-22-15(24)14-5-4-13(26-14)12-6-7-21-17(20)23-12;2*17-11-3-1-2-10(8-11)9-20-15(22)14-5-4-13(23-14)12-6-7-19-16(18)21-12/h1-2,4,6,8-11,14H,3,5,7H2,(H,22,24)(H2,20,21,23);1-4,7-10,13H,5-6H2,(H,21,23)(H2,19,20,22);3-11H,1-2H3,(H,22,23)(H2,19,20,21);1-8,16H,9H2,(H,22,24)(H2,20,21,23);1-8H,9H2,(H,20,22)(H2,18,19,21);1-8H,9,17H2,(H,20,22)(H2,18,19,21)/t14-;;;;;/m0...../s1. The molecule has 1 unspecified atom stereocenters. The molecule has 0 saturated heterocycles. The number of nitrogens with two attached hydrogens (primary N) is 7. The number of fused-ring (bicyclic) bond motifs is 2. The lowest BCUT2D eigenvalue weighted by atomic mass is 9.88. The summed E-state index contributed by atoms with van der Waals surface area (Å²) < 4.78 is 41.9. The third-order valence-electron chi connectivity index (χ3n) is 21.9. The first-order valence-corrected chi connectivity index (χ1v) is 49.8. The molecule has 0 spiro atoms. The van der Waals surface area contributed by atoms with Crippen molar-refractivity contribution in [3.63, 3.8) is 0 Å². The SMILES string of the molecule is CC(C)(NC(=O)c1ccc(-c2ccnc(N)n2)s1)c1ccccc1.Nc1cccc(CNC(=O)c2ccc(-c3ccnc(N)n3)s2)c1.Nc1nccc(-c2ccc(C(=O)NC3CCc4ccccc43)s2)n1.Nc1nccc(-c2ccc(C(=O)NCc3cccc(F)c3)s2)n1.Nc1nccc(-c2ccc(C(=O)NCc3cccc(OC(F)F)c3)s2)n1.Nc1nccc(-c2ccc(C(=O)N[C@H]3CCCc4ccccc43)s2)n1. The van der Waals surface area contributed by atoms with Crippen LogP contribution in [0.4, 0.5) is 54.5 Å². The van der Waals surface area contributed by atoms with Crippen LogP contribution in [0.1, 0.15) is 148 Å². The van der Waals surface area contributed by atoms with Crippen LogP contribution < -0.4 is 76.8 Å². The molecular formula is C104H94F3N25O7S6. The molecule has 2 aliphatic rings. The molecule has 0 aliphatic heterocycles. The monoisotopic (exact) mass is 2050 g/mol. The van der Waals surface area contributed by atoms with Gasteiger partial charge in [-0.1, -0.05) is 115 Å². The van der Waals surface area contributed by atoms with Gasteiger partial charge < -0.3 is 76.8 Å². The van der Waals surface area contributed by atoms with E-state index in [-0.39, 0.29) is 108 Å². The zero-order chi connectivity index (χ0) is 102. The lowest BCUT2D eigenvalue weighted by molar-refractivity contribution is -0.0499. The number of anilines is 7. The van der Waals surface area contributed by atoms with E-state index in [1.54, 1.807) is 128 Å². The molecule has 12 aromatic heterocycles. The molecule has 6 amide bonds. The Balaban J connectivity index is 0.000000131. The second-order valence-electron chi connectivity index (χ2n) is 32.6. The van der Waals surface area contributed by atoms with Gasteiger partial charge in [-0.3, -0.25) is 28.8 Å². The van der Waals surface area contributed by atoms with Crippen molar-refractivity contribution in [3.05, 3.63) is 378 Å². The number of ether oxygens (including phenoxy) is 1. The van der Waals surface area contributed by atoms with Gasteiger partial charge in [0.25, 0.3) is 35.4 Å². The molecule has 2 aliphatic carbocycles. The maximum atomic E-state index is 13.1. The van der Waals surface area contributed by atoms with Gasteiger partial charge in [0.15, 0.2) is 0 Å². The zero-order valence-corrected chi connectivity index (χ0v) is 82.4. The van der Waals surface area contributed by atoms with Crippen LogP contribution in [0.5, 0.6) is 5.75 Å². The lowest BCUT2D eigenvalue weighted by Gasteiger charge is -2.26. The average molecular weight is 2060 g/mol. The summed E-state index contributed by atoms with van der Waals surface area (Å²) in [5.41, 5.74) is 52.2. The van der Waals surface area contributed by atoms with E-state index in [9.17, 15) is 41.9 Å². The van der Waals surface area contributed by atoms with Gasteiger partial charge in [0.2, 0.25) is 35.7 Å². The fourth-order valence-corrected chi connectivity index (χ4v) is 20.3. The van der Waals surface area contributed by atoms with Crippen molar-refractivity contribution in [2.75, 3.05) is 40.1 Å². The smallest absolute Gasteiger partial charge is 0.387 e. The topological polar surface area (TPSA) is 521 Å². The number of nitrogens with one attached hydrogen (secondary N) is 6. The summed E-state index contributed by atoms with van der Waals surface area (Å²) in [6.45, 7) is 1.97. The van der Waals surface area contributed by atoms with E-state index < -0.39 is 12.2 Å². The highest BCUT2D eigenvalue weighted by molar-refractivity contribution is 7.19. The lowest BCUT2D eigenvalue weighted by Crippen LogP contribution is -2.40. The van der Waals surface area contributed by atoms with E-state index in [1.807, 2.05) is 129 Å². The minimum atomic E-state index is -2.89. The van der Waals surface area contributed by atoms with Crippen LogP contribution in [-0.2, 0) is 38.0 Å². The molecule has 20 N–H and O–H groups in total. The Hall–Kier alpha value is -17.0. The summed E-state index contributed by atoms with van der Waals surface area (Å²) in [7, 11) is 0. The highest BCUT2D eigenvalue weighted by Gasteiger charge is 2.29. The summed E-state index contributed by atoms with van der Waals surface area (Å²) >= 11 is 8.14. The van der Waals surface area contributed by atoms with Crippen molar-refractivity contribution >= 4 is 145 Å². The number of halogens is 3. The summed E-state index contributed by atoms with van der Waals surface area (Å²) in [6.07, 6.45) is 14.7. The number of carbonyl (C=O) groups is 6. The molecule has 32 nitrogen and oxygen atoms in total. The minimum Gasteiger partial charge on any atom is -0.435 e. The van der Waals surface area contributed by atoms with E-state index in [4.69, 9.17) is 40.1 Å². The first-order valence-electron chi connectivity index (χ1n) is 44.9. The normalized spacial score (nSPS) is 12.5. The van der Waals surface area contributed by atoms with Crippen LogP contribution in [0.15, 0.2) is 298 Å². The zero-order valence-electron chi connectivity index (χ0n) is 77.5. The summed E-state index contributed by atoms with van der Waals surface area (Å²) in [5, 5.41) is 17.8. The van der Waals surface area contributed by atoms with Crippen molar-refractivity contribution in [1.82, 2.24) is 91.7 Å². The van der Waals surface area contributed by atoms with E-state index in [0.717, 1.165) is 83.9 Å². The molecule has 18 aromatic rings. The van der Waals surface area contributed by atoms with Crippen molar-refractivity contribution in [2.45, 2.75) is 89.8 Å². The Kier molecular flexibility index (Phi) is 34.6. The maximum Gasteiger partial charge on any atom is 0.387 e. The van der Waals surface area contributed by atoms with Gasteiger partial charge in [0, 0.05) is 62.5 Å². The van der Waals surface area contributed by atoms with Crippen LogP contribution in [0, 0.1) is 5.82 Å². The Morgan fingerprint density at radius 3 is 1.04 bits per heavy atom. The molecule has 2 atom stereocenters. The van der Waals surface area contributed by atoms with Crippen molar-refractivity contribution in [1.29, 1.82) is 0 Å². The summed E-state index contributed by atoms with van der Waals surface area (Å²) in [5.74, 6) is 0.147. The van der Waals surface area contributed by atoms with Crippen LogP contribution in [-0.4, -0.2) is 102 Å². The number of carbonyl (C=O) groups excluding carboxylic acids is 6. The van der Waals surface area contributed by atoms with Gasteiger partial charge in [-0.2, -0.15) is 8.78 Å². The quantitative estimate of drug-likeness (QED) is 0.0250. The second kappa shape index (κ2) is 48.9. The van der Waals surface area contributed by atoms with Crippen LogP contribution >= 0.6 is 68.0 Å². The third kappa shape index (κ3) is 28.9. The molecule has 0 fully saturated rings. The third-order valence-corrected chi connectivity index (χ3v) is 28.5. The average Bonchev–Trinajstić information content (AvgIpc) is 1.44. The number of thiophene rings is 6. The van der Waals surface area contributed by atoms with E-state index >= 15 is 0 Å². The number of alkyl halides is 2. The Morgan fingerprint density at radius 1 is 0.352 bits per heavy atom. The van der Waals surface area contributed by atoms with Crippen molar-refractivity contribution in [3.8, 4) is 69.2 Å². The van der Waals surface area contributed by atoms with Crippen LogP contribution in [0.2, 0.25) is 0 Å². The molecule has 0 radical (unpaired) electrons. The van der Waals surface area contributed by atoms with E-state index in [1.165, 1.54) is 115 Å². The number of rotatable bonds is 24. The van der Waals surface area contributed by atoms with Crippen molar-refractivity contribution < 1.29 is 46.7 Å². The molecule has 20 rings (SSSR count). The number of amides is 6. The Morgan fingerprint density at radius 2 is 0.676 bits per heavy atom. The highest BCUT2D eigenvalue weighted by Crippen LogP contribution is 2.38. The fraction of sp³-hybridized carbons (Fsp3) is 0.135. The van der Waals surface area contributed by atoms with Gasteiger partial charge in [-0.15, -0.1) is 68.0 Å². The molecule has 145 heavy (non-hydrogen) atoms. The van der Waals surface area contributed by atoms with Gasteiger partial charge >= 0.3 is 6.61 Å². The molecule has 0 saturated carbocycles. The number of hydrogen-bond donors (Lipinski definition) is 13. The Labute approximate surface area is 853 Å². The maximum absolute atomic E-state index is 13.1. The van der Waals surface area contributed by atoms with Gasteiger partial charge in [0.05, 0.1) is 110 Å². The van der Waals surface area contributed by atoms with Gasteiger partial charge in [-0.05, 0) is 236 Å². The second-order valence-corrected chi connectivity index (χ2v) is 39.1. The number of nitrogens with zero attached hydrogens (tertiary/aromatic N) is 12. The van der Waals surface area contributed by atoms with Gasteiger partial charge in [0.1, 0.15) is 11.6 Å². The predicted molar refractivity (Wildman–Crippen MR) is 564 cm³/mol. The fourth-order valence-electron chi connectivity index (χ4n) is 15.0. The van der Waals surface area contributed by atoms with Crippen LogP contribution in [0.3, 0.4) is 0 Å². The molecule has 734 valence electrons. The van der Waals surface area contributed by atoms with Gasteiger partial charge in [-0.25, -0.2) is 64.2 Å². The number of aryl methyl sites for hydroxylation is 2. The summed E-state index contributed by atoms with van der Waals surface area (Å²) in [4.78, 5) is 131. The molecule has 0 bridgehead atoms. The first kappa shape index (κ1) is 102. The largest absolute Gasteiger partial charge is 0.435 e.